The first kappa shape index (κ1) is 15.0. The lowest BCUT2D eigenvalue weighted by molar-refractivity contribution is -0.131. The number of allylic oxidation sites excluding steroid dienone is 2. The van der Waals surface area contributed by atoms with Crippen LogP contribution in [0.15, 0.2) is 11.8 Å². The summed E-state index contributed by atoms with van der Waals surface area (Å²) in [6, 6.07) is 0.484. The molecule has 2 fully saturated rings. The molecule has 1 unspecified atom stereocenters. The molecule has 1 amide bonds. The first-order chi connectivity index (χ1) is 10.3. The Morgan fingerprint density at radius 3 is 2.86 bits per heavy atom. The fourth-order valence-electron chi connectivity index (χ4n) is 3.71. The quantitative estimate of drug-likeness (QED) is 0.815. The van der Waals surface area contributed by atoms with Crippen LogP contribution in [-0.2, 0) is 4.79 Å². The van der Waals surface area contributed by atoms with Gasteiger partial charge in [-0.25, -0.2) is 0 Å². The van der Waals surface area contributed by atoms with Crippen LogP contribution in [0.3, 0.4) is 0 Å². The normalized spacial score (nSPS) is 26.7. The van der Waals surface area contributed by atoms with Gasteiger partial charge in [0, 0.05) is 24.9 Å². The van der Waals surface area contributed by atoms with Crippen LogP contribution in [-0.4, -0.2) is 53.1 Å². The van der Waals surface area contributed by atoms with E-state index in [0.29, 0.717) is 24.4 Å². The van der Waals surface area contributed by atoms with Crippen LogP contribution >= 0.6 is 0 Å². The molecule has 0 aromatic rings. The van der Waals surface area contributed by atoms with Crippen LogP contribution in [0.2, 0.25) is 0 Å². The maximum absolute atomic E-state index is 12.7. The number of hydrogen-bond donors (Lipinski definition) is 1. The highest BCUT2D eigenvalue weighted by molar-refractivity contribution is 5.80. The monoisotopic (exact) mass is 292 g/mol. The summed E-state index contributed by atoms with van der Waals surface area (Å²) in [5.41, 5.74) is 1.29. The Morgan fingerprint density at radius 2 is 2.19 bits per heavy atom. The lowest BCUT2D eigenvalue weighted by Crippen LogP contribution is -2.40. The highest BCUT2D eigenvalue weighted by Crippen LogP contribution is 2.34. The molecule has 0 aromatic carbocycles. The molecule has 1 atom stereocenters. The summed E-state index contributed by atoms with van der Waals surface area (Å²) in [6.07, 6.45) is 11.4. The average Bonchev–Trinajstić information content (AvgIpc) is 3.22. The van der Waals surface area contributed by atoms with E-state index < -0.39 is 0 Å². The minimum Gasteiger partial charge on any atom is -0.396 e. The first-order valence-electron chi connectivity index (χ1n) is 8.62. The Labute approximate surface area is 127 Å². The summed E-state index contributed by atoms with van der Waals surface area (Å²) < 4.78 is 0. The van der Waals surface area contributed by atoms with E-state index in [1.165, 1.54) is 31.4 Å². The van der Waals surface area contributed by atoms with Gasteiger partial charge >= 0.3 is 0 Å². The van der Waals surface area contributed by atoms with Gasteiger partial charge in [0.1, 0.15) is 0 Å². The number of aliphatic hydroxyl groups is 1. The number of hydrogen-bond acceptors (Lipinski definition) is 3. The Balaban J connectivity index is 1.56. The van der Waals surface area contributed by atoms with Gasteiger partial charge in [0.25, 0.3) is 0 Å². The zero-order valence-electron chi connectivity index (χ0n) is 13.0. The van der Waals surface area contributed by atoms with E-state index in [9.17, 15) is 4.79 Å². The molecule has 1 saturated heterocycles. The Morgan fingerprint density at radius 1 is 1.33 bits per heavy atom. The summed E-state index contributed by atoms with van der Waals surface area (Å²) in [5, 5.41) is 9.03. The molecule has 1 heterocycles. The zero-order chi connectivity index (χ0) is 14.7. The minimum atomic E-state index is 0.271. The van der Waals surface area contributed by atoms with E-state index >= 15 is 0 Å². The van der Waals surface area contributed by atoms with Crippen molar-refractivity contribution < 1.29 is 9.90 Å². The van der Waals surface area contributed by atoms with Crippen molar-refractivity contribution in [3.8, 4) is 0 Å². The van der Waals surface area contributed by atoms with Crippen LogP contribution in [0.1, 0.15) is 51.4 Å². The van der Waals surface area contributed by atoms with Crippen molar-refractivity contribution in [2.75, 3.05) is 26.2 Å². The van der Waals surface area contributed by atoms with Gasteiger partial charge in [-0.3, -0.25) is 9.69 Å². The van der Waals surface area contributed by atoms with E-state index in [-0.39, 0.29) is 6.61 Å². The van der Waals surface area contributed by atoms with Gasteiger partial charge in [0.05, 0.1) is 6.54 Å². The fourth-order valence-corrected chi connectivity index (χ4v) is 3.71. The summed E-state index contributed by atoms with van der Waals surface area (Å²) >= 11 is 0. The number of amides is 1. The van der Waals surface area contributed by atoms with Crippen LogP contribution in [0.5, 0.6) is 0 Å². The van der Waals surface area contributed by atoms with Crippen LogP contribution in [0, 0.1) is 5.92 Å². The molecule has 0 spiro atoms. The van der Waals surface area contributed by atoms with Gasteiger partial charge in [-0.2, -0.15) is 0 Å². The van der Waals surface area contributed by atoms with Gasteiger partial charge < -0.3 is 10.0 Å². The summed E-state index contributed by atoms with van der Waals surface area (Å²) in [4.78, 5) is 17.1. The minimum absolute atomic E-state index is 0.271. The third-order valence-corrected chi connectivity index (χ3v) is 5.02. The molecular weight excluding hydrogens is 264 g/mol. The van der Waals surface area contributed by atoms with Crippen molar-refractivity contribution in [3.63, 3.8) is 0 Å². The fraction of sp³-hybridized carbons (Fsp3) is 0.824. The average molecular weight is 292 g/mol. The molecule has 4 heteroatoms. The maximum atomic E-state index is 12.7. The Bertz CT molecular complexity index is 404. The lowest BCUT2D eigenvalue weighted by atomic mass is 10.0. The van der Waals surface area contributed by atoms with Crippen LogP contribution < -0.4 is 0 Å². The van der Waals surface area contributed by atoms with Crippen molar-refractivity contribution in [1.82, 2.24) is 9.80 Å². The van der Waals surface area contributed by atoms with Gasteiger partial charge in [-0.15, -0.1) is 0 Å². The highest BCUT2D eigenvalue weighted by Gasteiger charge is 2.36. The molecule has 1 N–H and O–H groups in total. The van der Waals surface area contributed by atoms with E-state index in [0.717, 1.165) is 38.8 Å². The van der Waals surface area contributed by atoms with E-state index in [1.807, 2.05) is 0 Å². The van der Waals surface area contributed by atoms with Gasteiger partial charge in [0.2, 0.25) is 5.91 Å². The topological polar surface area (TPSA) is 43.8 Å². The SMILES string of the molecule is O=C(CN1CCC(CCO)C1)N(C1=CCCCC1)C1CC1. The van der Waals surface area contributed by atoms with E-state index in [2.05, 4.69) is 15.9 Å². The van der Waals surface area contributed by atoms with Gasteiger partial charge in [-0.1, -0.05) is 6.08 Å². The Hall–Kier alpha value is -0.870. The molecule has 4 nitrogen and oxygen atoms in total. The predicted octanol–water partition coefficient (Wildman–Crippen LogP) is 2.14. The second kappa shape index (κ2) is 6.93. The maximum Gasteiger partial charge on any atom is 0.241 e. The molecular formula is C17H28N2O2. The number of likely N-dealkylation sites (tertiary alicyclic amines) is 1. The third-order valence-electron chi connectivity index (χ3n) is 5.02. The molecule has 118 valence electrons. The molecule has 21 heavy (non-hydrogen) atoms. The summed E-state index contributed by atoms with van der Waals surface area (Å²) in [7, 11) is 0. The largest absolute Gasteiger partial charge is 0.396 e. The molecule has 1 saturated carbocycles. The molecule has 1 aliphatic heterocycles. The molecule has 0 aromatic heterocycles. The van der Waals surface area contributed by atoms with Crippen molar-refractivity contribution in [2.45, 2.75) is 57.4 Å². The van der Waals surface area contributed by atoms with Gasteiger partial charge in [-0.05, 0) is 63.8 Å². The number of aliphatic hydroxyl groups excluding tert-OH is 1. The number of carbonyl (C=O) groups excluding carboxylic acids is 1. The van der Waals surface area contributed by atoms with Crippen LogP contribution in [0.25, 0.3) is 0 Å². The van der Waals surface area contributed by atoms with Crippen molar-refractivity contribution in [3.05, 3.63) is 11.8 Å². The second-order valence-corrected chi connectivity index (χ2v) is 6.84. The Kier molecular flexibility index (Phi) is 4.96. The second-order valence-electron chi connectivity index (χ2n) is 6.84. The predicted molar refractivity (Wildman–Crippen MR) is 82.7 cm³/mol. The van der Waals surface area contributed by atoms with Crippen molar-refractivity contribution in [1.29, 1.82) is 0 Å². The van der Waals surface area contributed by atoms with Crippen molar-refractivity contribution in [2.24, 2.45) is 5.92 Å². The number of nitrogens with zero attached hydrogens (tertiary/aromatic N) is 2. The lowest BCUT2D eigenvalue weighted by Gasteiger charge is -2.29. The summed E-state index contributed by atoms with van der Waals surface area (Å²) in [5.74, 6) is 0.876. The van der Waals surface area contributed by atoms with E-state index in [4.69, 9.17) is 5.11 Å². The zero-order valence-corrected chi connectivity index (χ0v) is 13.0. The summed E-state index contributed by atoms with van der Waals surface area (Å²) in [6.45, 7) is 2.82. The molecule has 0 radical (unpaired) electrons. The molecule has 3 aliphatic rings. The van der Waals surface area contributed by atoms with Gasteiger partial charge in [0.15, 0.2) is 0 Å². The molecule has 0 bridgehead atoms. The van der Waals surface area contributed by atoms with Crippen LogP contribution in [0.4, 0.5) is 0 Å². The molecule has 3 rings (SSSR count). The third kappa shape index (κ3) is 3.86. The standard InChI is InChI=1S/C17H28N2O2/c20-11-9-14-8-10-18(12-14)13-17(21)19(16-6-7-16)15-4-2-1-3-5-15/h4,14,16,20H,1-3,5-13H2. The highest BCUT2D eigenvalue weighted by atomic mass is 16.3. The molecule has 2 aliphatic carbocycles. The van der Waals surface area contributed by atoms with E-state index in [1.54, 1.807) is 0 Å². The number of carbonyl (C=O) groups is 1. The van der Waals surface area contributed by atoms with Crippen molar-refractivity contribution >= 4 is 5.91 Å². The smallest absolute Gasteiger partial charge is 0.241 e. The first-order valence-corrected chi connectivity index (χ1v) is 8.62. The number of rotatable bonds is 6.